The maximum absolute atomic E-state index is 11.0. The number of aromatic carboxylic acids is 1. The molecule has 3 N–H and O–H groups in total. The summed E-state index contributed by atoms with van der Waals surface area (Å²) in [5.74, 6) is -0.489. The van der Waals surface area contributed by atoms with Crippen molar-refractivity contribution in [3.8, 4) is 0 Å². The van der Waals surface area contributed by atoms with E-state index in [0.717, 1.165) is 32.4 Å². The maximum Gasteiger partial charge on any atom is 0.354 e. The molecule has 1 saturated heterocycles. The lowest BCUT2D eigenvalue weighted by Gasteiger charge is -2.34. The zero-order chi connectivity index (χ0) is 14.5. The van der Waals surface area contributed by atoms with Gasteiger partial charge >= 0.3 is 5.97 Å². The molecule has 0 spiro atoms. The Morgan fingerprint density at radius 2 is 2.40 bits per heavy atom. The topological polar surface area (TPSA) is 88.7 Å². The first-order valence-corrected chi connectivity index (χ1v) is 6.98. The number of nitrogens with zero attached hydrogens (tertiary/aromatic N) is 2. The first kappa shape index (κ1) is 14.6. The Morgan fingerprint density at radius 1 is 1.60 bits per heavy atom. The lowest BCUT2D eigenvalue weighted by atomic mass is 10.1. The highest BCUT2D eigenvalue weighted by molar-refractivity contribution is 5.87. The Morgan fingerprint density at radius 3 is 3.10 bits per heavy atom. The van der Waals surface area contributed by atoms with Gasteiger partial charge in [-0.15, -0.1) is 0 Å². The van der Waals surface area contributed by atoms with Crippen LogP contribution in [-0.2, 0) is 4.74 Å². The number of piperidine rings is 1. The molecule has 1 aromatic heterocycles. The lowest BCUT2D eigenvalue weighted by Crippen LogP contribution is -2.40. The molecule has 0 aliphatic carbocycles. The van der Waals surface area contributed by atoms with Crippen LogP contribution < -0.4 is 10.6 Å². The number of ether oxygens (including phenoxy) is 1. The summed E-state index contributed by atoms with van der Waals surface area (Å²) in [6.45, 7) is 4.36. The third-order valence-electron chi connectivity index (χ3n) is 3.36. The average molecular weight is 279 g/mol. The van der Waals surface area contributed by atoms with Crippen molar-refractivity contribution in [1.29, 1.82) is 0 Å². The molecule has 1 aliphatic heterocycles. The van der Waals surface area contributed by atoms with Gasteiger partial charge in [-0.1, -0.05) is 6.92 Å². The van der Waals surface area contributed by atoms with Crippen molar-refractivity contribution in [2.45, 2.75) is 32.3 Å². The lowest BCUT2D eigenvalue weighted by molar-refractivity contribution is 0.0439. The van der Waals surface area contributed by atoms with E-state index >= 15 is 0 Å². The second-order valence-corrected chi connectivity index (χ2v) is 5.00. The van der Waals surface area contributed by atoms with Crippen LogP contribution >= 0.6 is 0 Å². The predicted molar refractivity (Wildman–Crippen MR) is 77.1 cm³/mol. The predicted octanol–water partition coefficient (Wildman–Crippen LogP) is 1.76. The molecule has 0 bridgehead atoms. The van der Waals surface area contributed by atoms with E-state index in [1.807, 2.05) is 4.90 Å². The second-order valence-electron chi connectivity index (χ2n) is 5.00. The minimum absolute atomic E-state index is 0.0193. The van der Waals surface area contributed by atoms with Crippen molar-refractivity contribution < 1.29 is 14.6 Å². The molecule has 1 atom stereocenters. The third-order valence-corrected chi connectivity index (χ3v) is 3.36. The van der Waals surface area contributed by atoms with Gasteiger partial charge in [-0.3, -0.25) is 0 Å². The number of nitrogens with two attached hydrogens (primary N) is 1. The molecule has 1 unspecified atom stereocenters. The number of carbonyl (C=O) groups is 1. The van der Waals surface area contributed by atoms with Gasteiger partial charge in [-0.2, -0.15) is 0 Å². The van der Waals surface area contributed by atoms with Crippen LogP contribution in [0.5, 0.6) is 0 Å². The fourth-order valence-electron chi connectivity index (χ4n) is 2.38. The van der Waals surface area contributed by atoms with Crippen molar-refractivity contribution in [3.63, 3.8) is 0 Å². The summed E-state index contributed by atoms with van der Waals surface area (Å²) in [6, 6.07) is 3.03. The Labute approximate surface area is 118 Å². The standard InChI is InChI=1S/C14H21N3O3/c1-2-8-20-10-4-3-7-17(9-10)13-11(15)5-6-12(16-13)14(18)19/h5-6,10H,2-4,7-9,15H2,1H3,(H,18,19). The highest BCUT2D eigenvalue weighted by atomic mass is 16.5. The molecule has 1 fully saturated rings. The molecule has 0 saturated carbocycles. The number of aromatic nitrogens is 1. The summed E-state index contributed by atoms with van der Waals surface area (Å²) >= 11 is 0. The molecular weight excluding hydrogens is 258 g/mol. The minimum atomic E-state index is -1.04. The normalized spacial score (nSPS) is 19.1. The number of hydrogen-bond acceptors (Lipinski definition) is 5. The van der Waals surface area contributed by atoms with E-state index in [9.17, 15) is 4.79 Å². The van der Waals surface area contributed by atoms with Crippen LogP contribution in [0.3, 0.4) is 0 Å². The number of carboxylic acids is 1. The minimum Gasteiger partial charge on any atom is -0.477 e. The van der Waals surface area contributed by atoms with Gasteiger partial charge in [0.2, 0.25) is 0 Å². The zero-order valence-corrected chi connectivity index (χ0v) is 11.7. The number of rotatable bonds is 5. The number of pyridine rings is 1. The maximum atomic E-state index is 11.0. The smallest absolute Gasteiger partial charge is 0.354 e. The number of anilines is 2. The highest BCUT2D eigenvalue weighted by Gasteiger charge is 2.23. The van der Waals surface area contributed by atoms with Gasteiger partial charge in [0, 0.05) is 19.7 Å². The molecule has 110 valence electrons. The molecule has 6 heteroatoms. The Kier molecular flexibility index (Phi) is 4.79. The number of nitrogen functional groups attached to an aromatic ring is 1. The Hall–Kier alpha value is -1.82. The van der Waals surface area contributed by atoms with Gasteiger partial charge in [0.05, 0.1) is 11.8 Å². The number of carboxylic acid groups (broad SMARTS) is 1. The molecule has 1 aliphatic rings. The number of hydrogen-bond donors (Lipinski definition) is 2. The quantitative estimate of drug-likeness (QED) is 0.853. The van der Waals surface area contributed by atoms with Crippen LogP contribution in [-0.4, -0.2) is 41.9 Å². The van der Waals surface area contributed by atoms with Crippen LogP contribution in [0.25, 0.3) is 0 Å². The van der Waals surface area contributed by atoms with Crippen LogP contribution in [0, 0.1) is 0 Å². The SMILES string of the molecule is CCCOC1CCCN(c2nc(C(=O)O)ccc2N)C1. The molecular formula is C14H21N3O3. The van der Waals surface area contributed by atoms with Crippen molar-refractivity contribution in [2.24, 2.45) is 0 Å². The van der Waals surface area contributed by atoms with E-state index in [2.05, 4.69) is 11.9 Å². The van der Waals surface area contributed by atoms with Crippen LogP contribution in [0.15, 0.2) is 12.1 Å². The first-order chi connectivity index (χ1) is 9.61. The summed E-state index contributed by atoms with van der Waals surface area (Å²) < 4.78 is 5.77. The van der Waals surface area contributed by atoms with Crippen LogP contribution in [0.4, 0.5) is 11.5 Å². The average Bonchev–Trinajstić information content (AvgIpc) is 2.45. The summed E-state index contributed by atoms with van der Waals surface area (Å²) in [5.41, 5.74) is 6.45. The van der Waals surface area contributed by atoms with E-state index < -0.39 is 5.97 Å². The van der Waals surface area contributed by atoms with E-state index in [4.69, 9.17) is 15.6 Å². The van der Waals surface area contributed by atoms with Crippen molar-refractivity contribution in [1.82, 2.24) is 4.98 Å². The molecule has 1 aromatic rings. The zero-order valence-electron chi connectivity index (χ0n) is 11.7. The fourth-order valence-corrected chi connectivity index (χ4v) is 2.38. The van der Waals surface area contributed by atoms with Gasteiger partial charge in [0.25, 0.3) is 0 Å². The van der Waals surface area contributed by atoms with Gasteiger partial charge < -0.3 is 20.5 Å². The molecule has 6 nitrogen and oxygen atoms in total. The molecule has 0 aromatic carbocycles. The van der Waals surface area contributed by atoms with E-state index in [1.54, 1.807) is 6.07 Å². The molecule has 2 heterocycles. The molecule has 20 heavy (non-hydrogen) atoms. The highest BCUT2D eigenvalue weighted by Crippen LogP contribution is 2.25. The van der Waals surface area contributed by atoms with Crippen molar-refractivity contribution >= 4 is 17.5 Å². The Balaban J connectivity index is 2.13. The van der Waals surface area contributed by atoms with Gasteiger partial charge in [-0.05, 0) is 31.4 Å². The van der Waals surface area contributed by atoms with E-state index in [-0.39, 0.29) is 11.8 Å². The molecule has 2 rings (SSSR count). The van der Waals surface area contributed by atoms with Gasteiger partial charge in [-0.25, -0.2) is 9.78 Å². The van der Waals surface area contributed by atoms with Crippen LogP contribution in [0.1, 0.15) is 36.7 Å². The fraction of sp³-hybridized carbons (Fsp3) is 0.571. The third kappa shape index (κ3) is 3.39. The summed E-state index contributed by atoms with van der Waals surface area (Å²) in [5, 5.41) is 9.02. The van der Waals surface area contributed by atoms with E-state index in [1.165, 1.54) is 6.07 Å². The Bertz CT molecular complexity index is 479. The van der Waals surface area contributed by atoms with Gasteiger partial charge in [0.15, 0.2) is 11.5 Å². The van der Waals surface area contributed by atoms with Crippen molar-refractivity contribution in [2.75, 3.05) is 30.3 Å². The summed E-state index contributed by atoms with van der Waals surface area (Å²) in [7, 11) is 0. The van der Waals surface area contributed by atoms with E-state index in [0.29, 0.717) is 18.1 Å². The van der Waals surface area contributed by atoms with Gasteiger partial charge in [0.1, 0.15) is 0 Å². The van der Waals surface area contributed by atoms with Crippen molar-refractivity contribution in [3.05, 3.63) is 17.8 Å². The molecule has 0 radical (unpaired) electrons. The molecule has 0 amide bonds. The second kappa shape index (κ2) is 6.56. The largest absolute Gasteiger partial charge is 0.477 e. The monoisotopic (exact) mass is 279 g/mol. The summed E-state index contributed by atoms with van der Waals surface area (Å²) in [4.78, 5) is 17.2. The van der Waals surface area contributed by atoms with Crippen LogP contribution in [0.2, 0.25) is 0 Å². The summed E-state index contributed by atoms with van der Waals surface area (Å²) in [6.07, 6.45) is 3.17. The first-order valence-electron chi connectivity index (χ1n) is 6.98.